The van der Waals surface area contributed by atoms with Crippen molar-refractivity contribution in [1.29, 1.82) is 0 Å². The maximum atomic E-state index is 12.8. The van der Waals surface area contributed by atoms with Crippen LogP contribution in [-0.2, 0) is 10.0 Å². The van der Waals surface area contributed by atoms with Gasteiger partial charge in [-0.1, -0.05) is 13.8 Å². The molecule has 0 spiro atoms. The number of anilines is 1. The van der Waals surface area contributed by atoms with Gasteiger partial charge >= 0.3 is 5.69 Å². The summed E-state index contributed by atoms with van der Waals surface area (Å²) >= 11 is 0. The van der Waals surface area contributed by atoms with E-state index in [0.29, 0.717) is 31.6 Å². The molecule has 9 nitrogen and oxygen atoms in total. The zero-order valence-electron chi connectivity index (χ0n) is 17.1. The summed E-state index contributed by atoms with van der Waals surface area (Å²) in [5.74, 6) is -0.509. The Morgan fingerprint density at radius 2 is 1.70 bits per heavy atom. The van der Waals surface area contributed by atoms with Crippen molar-refractivity contribution in [3.63, 3.8) is 0 Å². The first-order valence-electron chi connectivity index (χ1n) is 9.48. The predicted molar refractivity (Wildman–Crippen MR) is 113 cm³/mol. The van der Waals surface area contributed by atoms with Crippen molar-refractivity contribution in [2.45, 2.75) is 31.6 Å². The molecule has 0 heterocycles. The van der Waals surface area contributed by atoms with Crippen LogP contribution < -0.4 is 10.1 Å². The molecule has 0 aliphatic rings. The van der Waals surface area contributed by atoms with Gasteiger partial charge in [0.05, 0.1) is 16.9 Å². The minimum Gasteiger partial charge on any atom is -0.490 e. The molecule has 0 aliphatic heterocycles. The van der Waals surface area contributed by atoms with Crippen LogP contribution in [0.3, 0.4) is 0 Å². The van der Waals surface area contributed by atoms with Crippen LogP contribution in [0, 0.1) is 10.1 Å². The van der Waals surface area contributed by atoms with E-state index in [2.05, 4.69) is 5.32 Å². The lowest BCUT2D eigenvalue weighted by atomic mass is 10.1. The quantitative estimate of drug-likeness (QED) is 0.449. The van der Waals surface area contributed by atoms with Crippen molar-refractivity contribution in [2.24, 2.45) is 0 Å². The van der Waals surface area contributed by atoms with Crippen molar-refractivity contribution >= 4 is 27.3 Å². The molecule has 2 aromatic rings. The monoisotopic (exact) mass is 435 g/mol. The molecule has 0 atom stereocenters. The lowest BCUT2D eigenvalue weighted by Crippen LogP contribution is -2.32. The molecule has 1 N–H and O–H groups in total. The minimum atomic E-state index is -3.61. The average molecular weight is 436 g/mol. The van der Waals surface area contributed by atoms with Crippen LogP contribution in [0.5, 0.6) is 5.75 Å². The standard InChI is InChI=1S/C20H25N3O6S/c1-4-12-22(13-5-2)30(27,28)17-9-7-16(8-10-17)21-20(24)15-6-11-19(29-3)18(14-15)23(25)26/h6-11,14H,4-5,12-13H2,1-3H3,(H,21,24). The highest BCUT2D eigenvalue weighted by molar-refractivity contribution is 7.89. The number of nitrogens with zero attached hydrogens (tertiary/aromatic N) is 2. The summed E-state index contributed by atoms with van der Waals surface area (Å²) in [6.45, 7) is 4.70. The summed E-state index contributed by atoms with van der Waals surface area (Å²) < 4.78 is 31.9. The Bertz CT molecular complexity index is 1000. The third kappa shape index (κ3) is 5.33. The van der Waals surface area contributed by atoms with Gasteiger partial charge in [-0.3, -0.25) is 14.9 Å². The van der Waals surface area contributed by atoms with Crippen LogP contribution in [0.15, 0.2) is 47.4 Å². The average Bonchev–Trinajstić information content (AvgIpc) is 2.73. The SMILES string of the molecule is CCCN(CCC)S(=O)(=O)c1ccc(NC(=O)c2ccc(OC)c([N+](=O)[O-])c2)cc1. The summed E-state index contributed by atoms with van der Waals surface area (Å²) in [6, 6.07) is 9.71. The van der Waals surface area contributed by atoms with Gasteiger partial charge in [-0.2, -0.15) is 4.31 Å². The normalized spacial score (nSPS) is 11.3. The summed E-state index contributed by atoms with van der Waals surface area (Å²) in [6.07, 6.45) is 1.42. The number of nitro groups is 1. The van der Waals surface area contributed by atoms with Gasteiger partial charge in [-0.15, -0.1) is 0 Å². The Kier molecular flexibility index (Phi) is 7.90. The van der Waals surface area contributed by atoms with Gasteiger partial charge in [0.1, 0.15) is 0 Å². The third-order valence-electron chi connectivity index (χ3n) is 4.33. The molecule has 30 heavy (non-hydrogen) atoms. The molecule has 0 bridgehead atoms. The number of rotatable bonds is 10. The van der Waals surface area contributed by atoms with Crippen LogP contribution in [0.1, 0.15) is 37.0 Å². The second-order valence-corrected chi connectivity index (χ2v) is 8.46. The fourth-order valence-electron chi connectivity index (χ4n) is 2.89. The molecule has 0 aliphatic carbocycles. The van der Waals surface area contributed by atoms with Gasteiger partial charge in [0.2, 0.25) is 10.0 Å². The zero-order valence-corrected chi connectivity index (χ0v) is 17.9. The van der Waals surface area contributed by atoms with Crippen molar-refractivity contribution < 1.29 is 22.9 Å². The molecule has 162 valence electrons. The molecule has 0 unspecified atom stereocenters. The van der Waals surface area contributed by atoms with Gasteiger partial charge in [-0.25, -0.2) is 8.42 Å². The summed E-state index contributed by atoms with van der Waals surface area (Å²) in [7, 11) is -2.31. The van der Waals surface area contributed by atoms with Crippen LogP contribution in [0.2, 0.25) is 0 Å². The number of benzene rings is 2. The molecule has 0 radical (unpaired) electrons. The van der Waals surface area contributed by atoms with Crippen LogP contribution in [0.4, 0.5) is 11.4 Å². The van der Waals surface area contributed by atoms with E-state index < -0.39 is 20.9 Å². The molecule has 0 saturated carbocycles. The Hall–Kier alpha value is -2.98. The highest BCUT2D eigenvalue weighted by Gasteiger charge is 2.23. The maximum Gasteiger partial charge on any atom is 0.311 e. The first-order valence-corrected chi connectivity index (χ1v) is 10.9. The molecule has 10 heteroatoms. The first-order chi connectivity index (χ1) is 14.2. The van der Waals surface area contributed by atoms with E-state index in [1.807, 2.05) is 13.8 Å². The third-order valence-corrected chi connectivity index (χ3v) is 6.25. The molecule has 0 fully saturated rings. The highest BCUT2D eigenvalue weighted by Crippen LogP contribution is 2.28. The van der Waals surface area contributed by atoms with E-state index in [4.69, 9.17) is 4.74 Å². The number of amides is 1. The van der Waals surface area contributed by atoms with Gasteiger partial charge < -0.3 is 10.1 Å². The lowest BCUT2D eigenvalue weighted by molar-refractivity contribution is -0.385. The number of sulfonamides is 1. The molecule has 0 saturated heterocycles. The second-order valence-electron chi connectivity index (χ2n) is 6.53. The van der Waals surface area contributed by atoms with Gasteiger partial charge in [0.25, 0.3) is 5.91 Å². The van der Waals surface area contributed by atoms with E-state index in [9.17, 15) is 23.3 Å². The molecule has 0 aromatic heterocycles. The number of nitrogens with one attached hydrogen (secondary N) is 1. The van der Waals surface area contributed by atoms with Crippen LogP contribution in [-0.4, -0.2) is 43.8 Å². The second kappa shape index (κ2) is 10.2. The topological polar surface area (TPSA) is 119 Å². The zero-order chi connectivity index (χ0) is 22.3. The largest absolute Gasteiger partial charge is 0.490 e. The highest BCUT2D eigenvalue weighted by atomic mass is 32.2. The minimum absolute atomic E-state index is 0.0508. The molecule has 2 rings (SSSR count). The molecule has 2 aromatic carbocycles. The summed E-state index contributed by atoms with van der Waals surface area (Å²) in [4.78, 5) is 23.1. The fraction of sp³-hybridized carbons (Fsp3) is 0.350. The number of ether oxygens (including phenoxy) is 1. The Morgan fingerprint density at radius 1 is 1.10 bits per heavy atom. The number of methoxy groups -OCH3 is 1. The number of carbonyl (C=O) groups excluding carboxylic acids is 1. The van der Waals surface area contributed by atoms with Crippen LogP contribution in [0.25, 0.3) is 0 Å². The van der Waals surface area contributed by atoms with Crippen LogP contribution >= 0.6 is 0 Å². The smallest absolute Gasteiger partial charge is 0.311 e. The number of carbonyl (C=O) groups is 1. The van der Waals surface area contributed by atoms with Crippen molar-refractivity contribution in [2.75, 3.05) is 25.5 Å². The van der Waals surface area contributed by atoms with E-state index in [1.165, 1.54) is 47.8 Å². The lowest BCUT2D eigenvalue weighted by Gasteiger charge is -2.21. The predicted octanol–water partition coefficient (Wildman–Crippen LogP) is 3.67. The van der Waals surface area contributed by atoms with E-state index in [-0.39, 0.29) is 21.9 Å². The van der Waals surface area contributed by atoms with Crippen molar-refractivity contribution in [3.8, 4) is 5.75 Å². The summed E-state index contributed by atoms with van der Waals surface area (Å²) in [5.41, 5.74) is 0.129. The van der Waals surface area contributed by atoms with Crippen molar-refractivity contribution in [1.82, 2.24) is 4.31 Å². The maximum absolute atomic E-state index is 12.8. The van der Waals surface area contributed by atoms with E-state index in [1.54, 1.807) is 0 Å². The Balaban J connectivity index is 2.20. The van der Waals surface area contributed by atoms with Crippen molar-refractivity contribution in [3.05, 3.63) is 58.1 Å². The molecule has 1 amide bonds. The van der Waals surface area contributed by atoms with Gasteiger partial charge in [0.15, 0.2) is 5.75 Å². The fourth-order valence-corrected chi connectivity index (χ4v) is 4.51. The van der Waals surface area contributed by atoms with Gasteiger partial charge in [0, 0.05) is 30.4 Å². The molecular formula is C20H25N3O6S. The summed E-state index contributed by atoms with van der Waals surface area (Å²) in [5, 5.41) is 13.7. The Labute approximate surface area is 175 Å². The first kappa shape index (κ1) is 23.3. The van der Waals surface area contributed by atoms with E-state index >= 15 is 0 Å². The number of hydrogen-bond donors (Lipinski definition) is 1. The number of hydrogen-bond acceptors (Lipinski definition) is 6. The number of nitro benzene ring substituents is 1. The van der Waals surface area contributed by atoms with Gasteiger partial charge in [-0.05, 0) is 49.2 Å². The molecular weight excluding hydrogens is 410 g/mol. The van der Waals surface area contributed by atoms with E-state index in [0.717, 1.165) is 6.07 Å². The Morgan fingerprint density at radius 3 is 2.20 bits per heavy atom.